The van der Waals surface area contributed by atoms with Crippen LogP contribution in [0.3, 0.4) is 0 Å². The lowest BCUT2D eigenvalue weighted by atomic mass is 10.00. The number of ketones is 1. The van der Waals surface area contributed by atoms with Gasteiger partial charge in [0, 0.05) is 36.3 Å². The van der Waals surface area contributed by atoms with Crippen LogP contribution in [0.25, 0.3) is 11.1 Å². The van der Waals surface area contributed by atoms with E-state index in [0.717, 1.165) is 6.07 Å². The zero-order valence-electron chi connectivity index (χ0n) is 16.7. The van der Waals surface area contributed by atoms with Crippen LogP contribution in [-0.2, 0) is 11.3 Å². The van der Waals surface area contributed by atoms with E-state index in [1.165, 1.54) is 13.0 Å². The molecule has 0 radical (unpaired) electrons. The molecule has 7 heteroatoms. The minimum atomic E-state index is -0.783. The van der Waals surface area contributed by atoms with Crippen LogP contribution in [-0.4, -0.2) is 41.9 Å². The Kier molecular flexibility index (Phi) is 6.27. The summed E-state index contributed by atoms with van der Waals surface area (Å²) in [5.74, 6) is -1.66. The van der Waals surface area contributed by atoms with Gasteiger partial charge < -0.3 is 15.0 Å². The Morgan fingerprint density at radius 3 is 2.28 bits per heavy atom. The SMILES string of the molecule is CC(=O)c1ccc(-c2ccc(F)c(COC(=O)N3C(C)CNCC3C)c2F)cc1. The number of nitrogens with one attached hydrogen (secondary N) is 1. The highest BCUT2D eigenvalue weighted by Crippen LogP contribution is 2.28. The van der Waals surface area contributed by atoms with Gasteiger partial charge in [-0.1, -0.05) is 24.3 Å². The Bertz CT molecular complexity index is 905. The highest BCUT2D eigenvalue weighted by molar-refractivity contribution is 5.94. The summed E-state index contributed by atoms with van der Waals surface area (Å²) in [6.45, 7) is 5.98. The minimum Gasteiger partial charge on any atom is -0.444 e. The second-order valence-electron chi connectivity index (χ2n) is 7.34. The van der Waals surface area contributed by atoms with Gasteiger partial charge in [-0.15, -0.1) is 0 Å². The van der Waals surface area contributed by atoms with Gasteiger partial charge in [0.2, 0.25) is 0 Å². The van der Waals surface area contributed by atoms with Crippen LogP contribution < -0.4 is 5.32 Å². The van der Waals surface area contributed by atoms with E-state index in [1.807, 2.05) is 13.8 Å². The van der Waals surface area contributed by atoms with Crippen LogP contribution in [0.15, 0.2) is 36.4 Å². The molecule has 2 aromatic carbocycles. The fourth-order valence-electron chi connectivity index (χ4n) is 3.54. The molecule has 0 aromatic heterocycles. The van der Waals surface area contributed by atoms with Crippen LogP contribution in [0.1, 0.15) is 36.7 Å². The zero-order valence-corrected chi connectivity index (χ0v) is 16.7. The molecule has 1 saturated heterocycles. The highest BCUT2D eigenvalue weighted by atomic mass is 19.1. The summed E-state index contributed by atoms with van der Waals surface area (Å²) in [5, 5.41) is 3.21. The first-order valence-electron chi connectivity index (χ1n) is 9.53. The Hall–Kier alpha value is -2.80. The van der Waals surface area contributed by atoms with E-state index < -0.39 is 24.3 Å². The second-order valence-corrected chi connectivity index (χ2v) is 7.34. The lowest BCUT2D eigenvalue weighted by Gasteiger charge is -2.38. The molecule has 1 heterocycles. The molecule has 29 heavy (non-hydrogen) atoms. The van der Waals surface area contributed by atoms with Crippen molar-refractivity contribution in [1.82, 2.24) is 10.2 Å². The van der Waals surface area contributed by atoms with Crippen molar-refractivity contribution in [2.24, 2.45) is 0 Å². The monoisotopic (exact) mass is 402 g/mol. The quantitative estimate of drug-likeness (QED) is 0.781. The van der Waals surface area contributed by atoms with Crippen molar-refractivity contribution < 1.29 is 23.1 Å². The van der Waals surface area contributed by atoms with Gasteiger partial charge in [0.15, 0.2) is 5.78 Å². The van der Waals surface area contributed by atoms with E-state index in [2.05, 4.69) is 5.32 Å². The van der Waals surface area contributed by atoms with Crippen LogP contribution in [0.5, 0.6) is 0 Å². The first-order chi connectivity index (χ1) is 13.8. The van der Waals surface area contributed by atoms with Crippen molar-refractivity contribution in [1.29, 1.82) is 0 Å². The van der Waals surface area contributed by atoms with Crippen molar-refractivity contribution in [2.75, 3.05) is 13.1 Å². The van der Waals surface area contributed by atoms with Crippen LogP contribution in [0.2, 0.25) is 0 Å². The Balaban J connectivity index is 1.80. The summed E-state index contributed by atoms with van der Waals surface area (Å²) >= 11 is 0. The number of ether oxygens (including phenoxy) is 1. The van der Waals surface area contributed by atoms with E-state index in [4.69, 9.17) is 4.74 Å². The molecule has 2 unspecified atom stereocenters. The molecule has 2 atom stereocenters. The fraction of sp³-hybridized carbons (Fsp3) is 0.364. The molecule has 1 aliphatic rings. The Morgan fingerprint density at radius 1 is 1.07 bits per heavy atom. The molecule has 1 aliphatic heterocycles. The van der Waals surface area contributed by atoms with Crippen molar-refractivity contribution >= 4 is 11.9 Å². The van der Waals surface area contributed by atoms with Crippen molar-refractivity contribution in [2.45, 2.75) is 39.5 Å². The number of piperazine rings is 1. The first-order valence-corrected chi connectivity index (χ1v) is 9.53. The van der Waals surface area contributed by atoms with E-state index in [0.29, 0.717) is 24.2 Å². The van der Waals surface area contributed by atoms with Gasteiger partial charge >= 0.3 is 6.09 Å². The summed E-state index contributed by atoms with van der Waals surface area (Å²) in [5.41, 5.74) is 0.882. The topological polar surface area (TPSA) is 58.6 Å². The molecule has 0 bridgehead atoms. The second kappa shape index (κ2) is 8.69. The summed E-state index contributed by atoms with van der Waals surface area (Å²) in [6, 6.07) is 8.72. The van der Waals surface area contributed by atoms with Gasteiger partial charge in [0.1, 0.15) is 18.2 Å². The minimum absolute atomic E-state index is 0.0768. The predicted molar refractivity (Wildman–Crippen MR) is 106 cm³/mol. The molecule has 1 fully saturated rings. The van der Waals surface area contributed by atoms with Gasteiger partial charge in [-0.2, -0.15) is 0 Å². The number of halogens is 2. The molecule has 5 nitrogen and oxygen atoms in total. The standard InChI is InChI=1S/C22H24F2N2O3/c1-13-10-25-11-14(2)26(13)22(28)29-12-19-20(23)9-8-18(21(19)24)17-6-4-16(5-7-17)15(3)27/h4-9,13-14,25H,10-12H2,1-3H3. The third-order valence-electron chi connectivity index (χ3n) is 5.17. The van der Waals surface area contributed by atoms with E-state index in [1.54, 1.807) is 29.2 Å². The summed E-state index contributed by atoms with van der Waals surface area (Å²) in [6.07, 6.45) is -0.596. The Labute approximate surface area is 168 Å². The van der Waals surface area contributed by atoms with Crippen molar-refractivity contribution in [3.8, 4) is 11.1 Å². The number of hydrogen-bond acceptors (Lipinski definition) is 4. The lowest BCUT2D eigenvalue weighted by Crippen LogP contribution is -2.57. The van der Waals surface area contributed by atoms with Crippen LogP contribution in [0.4, 0.5) is 13.6 Å². The van der Waals surface area contributed by atoms with E-state index >= 15 is 4.39 Å². The maximum Gasteiger partial charge on any atom is 0.410 e. The molecule has 0 spiro atoms. The molecule has 0 aliphatic carbocycles. The number of rotatable bonds is 4. The van der Waals surface area contributed by atoms with Gasteiger partial charge in [0.05, 0.1) is 5.56 Å². The zero-order chi connectivity index (χ0) is 21.1. The molecule has 3 rings (SSSR count). The number of benzene rings is 2. The van der Waals surface area contributed by atoms with Crippen LogP contribution in [0, 0.1) is 11.6 Å². The number of hydrogen-bond donors (Lipinski definition) is 1. The molecule has 1 N–H and O–H groups in total. The number of carbonyl (C=O) groups excluding carboxylic acids is 2. The summed E-state index contributed by atoms with van der Waals surface area (Å²) in [7, 11) is 0. The van der Waals surface area contributed by atoms with Crippen LogP contribution >= 0.6 is 0 Å². The molecule has 2 aromatic rings. The normalized spacial score (nSPS) is 19.1. The number of carbonyl (C=O) groups is 2. The summed E-state index contributed by atoms with van der Waals surface area (Å²) in [4.78, 5) is 25.5. The fourth-order valence-corrected chi connectivity index (χ4v) is 3.54. The third-order valence-corrected chi connectivity index (χ3v) is 5.17. The lowest BCUT2D eigenvalue weighted by molar-refractivity contribution is 0.0552. The predicted octanol–water partition coefficient (Wildman–Crippen LogP) is 4.15. The molecule has 0 saturated carbocycles. The maximum atomic E-state index is 15.0. The average Bonchev–Trinajstić information content (AvgIpc) is 2.68. The van der Waals surface area contributed by atoms with E-state index in [9.17, 15) is 14.0 Å². The first kappa shape index (κ1) is 20.9. The number of nitrogens with zero attached hydrogens (tertiary/aromatic N) is 1. The van der Waals surface area contributed by atoms with Gasteiger partial charge in [-0.05, 0) is 38.5 Å². The summed E-state index contributed by atoms with van der Waals surface area (Å²) < 4.78 is 34.5. The number of Topliss-reactive ketones (excluding diaryl/α,β-unsaturated/α-hetero) is 1. The average molecular weight is 402 g/mol. The Morgan fingerprint density at radius 2 is 1.69 bits per heavy atom. The molecular weight excluding hydrogens is 378 g/mol. The molecular formula is C22H24F2N2O3. The third kappa shape index (κ3) is 4.45. The number of amides is 1. The van der Waals surface area contributed by atoms with Gasteiger partial charge in [0.25, 0.3) is 0 Å². The molecule has 154 valence electrons. The van der Waals surface area contributed by atoms with Gasteiger partial charge in [-0.3, -0.25) is 4.79 Å². The van der Waals surface area contributed by atoms with Crippen molar-refractivity contribution in [3.05, 3.63) is 59.2 Å². The van der Waals surface area contributed by atoms with Gasteiger partial charge in [-0.25, -0.2) is 13.6 Å². The smallest absolute Gasteiger partial charge is 0.410 e. The largest absolute Gasteiger partial charge is 0.444 e. The molecule has 1 amide bonds. The maximum absolute atomic E-state index is 15.0. The highest BCUT2D eigenvalue weighted by Gasteiger charge is 2.30. The van der Waals surface area contributed by atoms with E-state index in [-0.39, 0.29) is 29.0 Å². The van der Waals surface area contributed by atoms with Crippen molar-refractivity contribution in [3.63, 3.8) is 0 Å².